The van der Waals surface area contributed by atoms with Crippen LogP contribution in [0.1, 0.15) is 25.5 Å². The van der Waals surface area contributed by atoms with Crippen LogP contribution >= 0.6 is 0 Å². The summed E-state index contributed by atoms with van der Waals surface area (Å²) in [7, 11) is 0. The molecule has 1 fully saturated rings. The van der Waals surface area contributed by atoms with Crippen LogP contribution in [0, 0.1) is 11.8 Å². The van der Waals surface area contributed by atoms with Crippen LogP contribution < -0.4 is 5.73 Å². The quantitative estimate of drug-likeness (QED) is 0.845. The van der Waals surface area contributed by atoms with Gasteiger partial charge >= 0.3 is 0 Å². The average Bonchev–Trinajstić information content (AvgIpc) is 2.69. The van der Waals surface area contributed by atoms with Crippen LogP contribution in [-0.2, 0) is 4.79 Å². The lowest BCUT2D eigenvalue weighted by Crippen LogP contribution is -2.37. The Balaban J connectivity index is 2.06. The number of hydrogen-bond donors (Lipinski definition) is 1. The van der Waals surface area contributed by atoms with Gasteiger partial charge < -0.3 is 10.6 Å². The molecular weight excluding hydrogens is 212 g/mol. The van der Waals surface area contributed by atoms with Crippen LogP contribution in [0.5, 0.6) is 0 Å². The van der Waals surface area contributed by atoms with Crippen molar-refractivity contribution in [2.75, 3.05) is 13.1 Å². The van der Waals surface area contributed by atoms with E-state index < -0.39 is 6.04 Å². The summed E-state index contributed by atoms with van der Waals surface area (Å²) >= 11 is 0. The van der Waals surface area contributed by atoms with Crippen molar-refractivity contribution in [3.05, 3.63) is 35.9 Å². The molecule has 0 spiro atoms. The molecule has 0 bridgehead atoms. The molecular formula is C14H20N2O. The fourth-order valence-corrected chi connectivity index (χ4v) is 2.31. The summed E-state index contributed by atoms with van der Waals surface area (Å²) in [6.45, 7) is 6.04. The van der Waals surface area contributed by atoms with E-state index in [-0.39, 0.29) is 5.91 Å². The van der Waals surface area contributed by atoms with Gasteiger partial charge in [-0.3, -0.25) is 4.79 Å². The number of nitrogens with zero attached hydrogens (tertiary/aromatic N) is 1. The van der Waals surface area contributed by atoms with Crippen LogP contribution in [0.2, 0.25) is 0 Å². The lowest BCUT2D eigenvalue weighted by molar-refractivity contribution is -0.131. The highest BCUT2D eigenvalue weighted by molar-refractivity contribution is 5.83. The lowest BCUT2D eigenvalue weighted by Gasteiger charge is -2.21. The van der Waals surface area contributed by atoms with Crippen molar-refractivity contribution in [1.82, 2.24) is 4.90 Å². The Morgan fingerprint density at radius 3 is 2.29 bits per heavy atom. The van der Waals surface area contributed by atoms with Gasteiger partial charge in [0.25, 0.3) is 0 Å². The Morgan fingerprint density at radius 1 is 1.24 bits per heavy atom. The van der Waals surface area contributed by atoms with E-state index in [1.54, 1.807) is 0 Å². The molecule has 17 heavy (non-hydrogen) atoms. The Kier molecular flexibility index (Phi) is 3.48. The summed E-state index contributed by atoms with van der Waals surface area (Å²) in [5.74, 6) is 1.19. The van der Waals surface area contributed by atoms with Crippen molar-refractivity contribution in [1.29, 1.82) is 0 Å². The van der Waals surface area contributed by atoms with Crippen LogP contribution in [0.4, 0.5) is 0 Å². The van der Waals surface area contributed by atoms with E-state index in [2.05, 4.69) is 13.8 Å². The Labute approximate surface area is 103 Å². The van der Waals surface area contributed by atoms with Crippen molar-refractivity contribution in [3.63, 3.8) is 0 Å². The normalized spacial score (nSPS) is 25.9. The maximum Gasteiger partial charge on any atom is 0.244 e. The van der Waals surface area contributed by atoms with E-state index in [0.29, 0.717) is 11.8 Å². The number of amides is 1. The maximum absolute atomic E-state index is 12.2. The van der Waals surface area contributed by atoms with Gasteiger partial charge in [-0.15, -0.1) is 0 Å². The third-order valence-electron chi connectivity index (χ3n) is 3.72. The third-order valence-corrected chi connectivity index (χ3v) is 3.72. The van der Waals surface area contributed by atoms with Crippen LogP contribution in [0.3, 0.4) is 0 Å². The highest BCUT2D eigenvalue weighted by atomic mass is 16.2. The molecule has 1 aliphatic rings. The average molecular weight is 232 g/mol. The van der Waals surface area contributed by atoms with E-state index in [4.69, 9.17) is 5.73 Å². The summed E-state index contributed by atoms with van der Waals surface area (Å²) in [6, 6.07) is 9.06. The molecule has 0 radical (unpaired) electrons. The Morgan fingerprint density at radius 2 is 1.76 bits per heavy atom. The molecule has 1 aromatic carbocycles. The minimum absolute atomic E-state index is 0.0485. The molecule has 1 saturated heterocycles. The fraction of sp³-hybridized carbons (Fsp3) is 0.500. The van der Waals surface area contributed by atoms with Crippen molar-refractivity contribution in [2.24, 2.45) is 17.6 Å². The number of carbonyl (C=O) groups is 1. The van der Waals surface area contributed by atoms with Crippen molar-refractivity contribution < 1.29 is 4.79 Å². The molecule has 2 unspecified atom stereocenters. The second-order valence-electron chi connectivity index (χ2n) is 5.09. The lowest BCUT2D eigenvalue weighted by atomic mass is 10.0. The van der Waals surface area contributed by atoms with Gasteiger partial charge in [-0.25, -0.2) is 0 Å². The summed E-state index contributed by atoms with van der Waals surface area (Å²) in [4.78, 5) is 14.1. The van der Waals surface area contributed by atoms with Gasteiger partial charge in [-0.2, -0.15) is 0 Å². The zero-order valence-corrected chi connectivity index (χ0v) is 10.5. The summed E-state index contributed by atoms with van der Waals surface area (Å²) < 4.78 is 0. The molecule has 2 N–H and O–H groups in total. The van der Waals surface area contributed by atoms with E-state index >= 15 is 0 Å². The molecule has 0 saturated carbocycles. The van der Waals surface area contributed by atoms with E-state index in [1.165, 1.54) is 0 Å². The maximum atomic E-state index is 12.2. The molecule has 0 aromatic heterocycles. The summed E-state index contributed by atoms with van der Waals surface area (Å²) in [5.41, 5.74) is 6.91. The smallest absolute Gasteiger partial charge is 0.244 e. The predicted octanol–water partition coefficient (Wildman–Crippen LogP) is 1.80. The van der Waals surface area contributed by atoms with E-state index in [0.717, 1.165) is 18.7 Å². The monoisotopic (exact) mass is 232 g/mol. The molecule has 1 aromatic rings. The second-order valence-corrected chi connectivity index (χ2v) is 5.09. The van der Waals surface area contributed by atoms with E-state index in [1.807, 2.05) is 35.2 Å². The van der Waals surface area contributed by atoms with Gasteiger partial charge in [0.05, 0.1) is 0 Å². The third kappa shape index (κ3) is 2.50. The number of likely N-dealkylation sites (tertiary alicyclic amines) is 1. The summed E-state index contributed by atoms with van der Waals surface area (Å²) in [6.07, 6.45) is 0. The minimum Gasteiger partial charge on any atom is -0.340 e. The number of carbonyl (C=O) groups excluding carboxylic acids is 1. The van der Waals surface area contributed by atoms with Gasteiger partial charge in [0.1, 0.15) is 6.04 Å². The predicted molar refractivity (Wildman–Crippen MR) is 68.3 cm³/mol. The SMILES string of the molecule is CC1CN(C(=O)[C@@H](N)c2ccccc2)CC1C. The summed E-state index contributed by atoms with van der Waals surface area (Å²) in [5, 5.41) is 0. The highest BCUT2D eigenvalue weighted by Gasteiger charge is 2.32. The van der Waals surface area contributed by atoms with E-state index in [9.17, 15) is 4.79 Å². The largest absolute Gasteiger partial charge is 0.340 e. The highest BCUT2D eigenvalue weighted by Crippen LogP contribution is 2.24. The van der Waals surface area contributed by atoms with Crippen molar-refractivity contribution in [3.8, 4) is 0 Å². The molecule has 2 rings (SSSR count). The zero-order chi connectivity index (χ0) is 12.4. The Bertz CT molecular complexity index is 380. The molecule has 1 amide bonds. The first-order chi connectivity index (χ1) is 8.09. The molecule has 3 heteroatoms. The Hall–Kier alpha value is -1.35. The van der Waals surface area contributed by atoms with Gasteiger partial charge in [0.2, 0.25) is 5.91 Å². The number of nitrogens with two attached hydrogens (primary N) is 1. The van der Waals surface area contributed by atoms with Crippen LogP contribution in [0.25, 0.3) is 0 Å². The number of benzene rings is 1. The molecule has 3 nitrogen and oxygen atoms in total. The van der Waals surface area contributed by atoms with Gasteiger partial charge in [-0.05, 0) is 17.4 Å². The first-order valence-corrected chi connectivity index (χ1v) is 6.19. The molecule has 3 atom stereocenters. The zero-order valence-electron chi connectivity index (χ0n) is 10.5. The molecule has 92 valence electrons. The first kappa shape index (κ1) is 12.1. The second kappa shape index (κ2) is 4.88. The standard InChI is InChI=1S/C14H20N2O/c1-10-8-16(9-11(10)2)14(17)13(15)12-6-4-3-5-7-12/h3-7,10-11,13H,8-9,15H2,1-2H3/t10?,11?,13-/m0/s1. The molecule has 0 aliphatic carbocycles. The van der Waals surface area contributed by atoms with Crippen LogP contribution in [-0.4, -0.2) is 23.9 Å². The van der Waals surface area contributed by atoms with Crippen molar-refractivity contribution in [2.45, 2.75) is 19.9 Å². The molecule has 1 heterocycles. The number of rotatable bonds is 2. The first-order valence-electron chi connectivity index (χ1n) is 6.19. The minimum atomic E-state index is -0.520. The van der Waals surface area contributed by atoms with Crippen LogP contribution in [0.15, 0.2) is 30.3 Å². The van der Waals surface area contributed by atoms with Gasteiger partial charge in [0.15, 0.2) is 0 Å². The molecule has 1 aliphatic heterocycles. The fourth-order valence-electron chi connectivity index (χ4n) is 2.31. The van der Waals surface area contributed by atoms with Gasteiger partial charge in [-0.1, -0.05) is 44.2 Å². The van der Waals surface area contributed by atoms with Crippen molar-refractivity contribution >= 4 is 5.91 Å². The number of hydrogen-bond acceptors (Lipinski definition) is 2. The van der Waals surface area contributed by atoms with Gasteiger partial charge in [0, 0.05) is 13.1 Å². The topological polar surface area (TPSA) is 46.3 Å².